The average Bonchev–Trinajstić information content (AvgIpc) is 3.58. The van der Waals surface area contributed by atoms with Crippen LogP contribution in [0, 0.1) is 0 Å². The fourth-order valence-corrected chi connectivity index (χ4v) is 7.90. The molecular weight excluding hydrogens is 548 g/mol. The summed E-state index contributed by atoms with van der Waals surface area (Å²) in [6, 6.07) is 30.0. The zero-order valence-electron chi connectivity index (χ0n) is 21.1. The summed E-state index contributed by atoms with van der Waals surface area (Å²) in [6.07, 6.45) is 0. The maximum atomic E-state index is 14.4. The molecule has 0 aliphatic heterocycles. The number of hydrogen-bond donors (Lipinski definition) is 0. The van der Waals surface area contributed by atoms with Gasteiger partial charge in [0.15, 0.2) is 0 Å². The second kappa shape index (κ2) is 9.51. The highest BCUT2D eigenvalue weighted by molar-refractivity contribution is 7.90. The van der Waals surface area contributed by atoms with Gasteiger partial charge in [0.25, 0.3) is 20.0 Å². The molecule has 0 radical (unpaired) electrons. The van der Waals surface area contributed by atoms with Crippen LogP contribution in [0.15, 0.2) is 125 Å². The van der Waals surface area contributed by atoms with Gasteiger partial charge >= 0.3 is 0 Å². The highest BCUT2D eigenvalue weighted by Crippen LogP contribution is 2.34. The molecule has 40 heavy (non-hydrogen) atoms. The van der Waals surface area contributed by atoms with Crippen molar-refractivity contribution in [1.82, 2.24) is 7.94 Å². The molecule has 0 saturated heterocycles. The average molecular weight is 571 g/mol. The largest absolute Gasteiger partial charge is 0.496 e. The van der Waals surface area contributed by atoms with Crippen LogP contribution in [0.3, 0.4) is 0 Å². The van der Waals surface area contributed by atoms with E-state index in [1.807, 2.05) is 0 Å². The number of aromatic nitrogens is 2. The molecule has 0 unspecified atom stereocenters. The molecule has 0 bridgehead atoms. The predicted molar refractivity (Wildman–Crippen MR) is 152 cm³/mol. The molecule has 2 aromatic heterocycles. The molecule has 10 heteroatoms. The van der Waals surface area contributed by atoms with Crippen LogP contribution >= 0.6 is 0 Å². The first-order valence-corrected chi connectivity index (χ1v) is 15.1. The van der Waals surface area contributed by atoms with E-state index >= 15 is 0 Å². The van der Waals surface area contributed by atoms with Gasteiger partial charge in [-0.2, -0.15) is 0 Å². The SMILES string of the molecule is COc1cccc2c1cc(C(=O)c1cc3ccccc3n1S(=O)(=O)c1ccccc1)n2S(=O)(=O)c1ccccc1. The summed E-state index contributed by atoms with van der Waals surface area (Å²) in [5.74, 6) is -0.417. The summed E-state index contributed by atoms with van der Waals surface area (Å²) >= 11 is 0. The van der Waals surface area contributed by atoms with Gasteiger partial charge in [-0.05, 0) is 54.6 Å². The van der Waals surface area contributed by atoms with Gasteiger partial charge in [-0.1, -0.05) is 60.7 Å². The summed E-state index contributed by atoms with van der Waals surface area (Å²) in [5.41, 5.74) is 0.0907. The third-order valence-corrected chi connectivity index (χ3v) is 10.2. The molecule has 0 N–H and O–H groups in total. The van der Waals surface area contributed by atoms with Crippen molar-refractivity contribution in [2.24, 2.45) is 0 Å². The lowest BCUT2D eigenvalue weighted by Gasteiger charge is -2.14. The zero-order valence-corrected chi connectivity index (χ0v) is 22.8. The molecule has 0 atom stereocenters. The highest BCUT2D eigenvalue weighted by atomic mass is 32.2. The molecule has 0 spiro atoms. The van der Waals surface area contributed by atoms with E-state index in [0.29, 0.717) is 22.0 Å². The van der Waals surface area contributed by atoms with E-state index in [-0.39, 0.29) is 26.7 Å². The number of carbonyl (C=O) groups is 1. The lowest BCUT2D eigenvalue weighted by molar-refractivity contribution is 0.102. The standard InChI is InChI=1S/C30H22N2O6S2/c1-38-29-18-10-17-26-24(29)20-28(32(26)40(36,37)23-14-6-3-7-15-23)30(33)27-19-21-11-8-9-16-25(21)31(27)39(34,35)22-12-4-2-5-13-22/h2-20H,1H3. The summed E-state index contributed by atoms with van der Waals surface area (Å²) in [7, 11) is -7.07. The van der Waals surface area contributed by atoms with E-state index in [2.05, 4.69) is 0 Å². The number of nitrogens with zero attached hydrogens (tertiary/aromatic N) is 2. The van der Waals surface area contributed by atoms with Crippen LogP contribution in [-0.2, 0) is 20.0 Å². The Kier molecular flexibility index (Phi) is 6.09. The molecule has 4 aromatic carbocycles. The molecule has 0 fully saturated rings. The number of ether oxygens (including phenoxy) is 1. The van der Waals surface area contributed by atoms with Crippen molar-refractivity contribution in [3.63, 3.8) is 0 Å². The van der Waals surface area contributed by atoms with Crippen molar-refractivity contribution in [2.75, 3.05) is 7.11 Å². The van der Waals surface area contributed by atoms with E-state index < -0.39 is 25.8 Å². The van der Waals surface area contributed by atoms with Crippen LogP contribution in [0.4, 0.5) is 0 Å². The Morgan fingerprint density at radius 1 is 0.600 bits per heavy atom. The first kappa shape index (κ1) is 25.6. The maximum absolute atomic E-state index is 14.4. The van der Waals surface area contributed by atoms with Crippen LogP contribution in [0.5, 0.6) is 5.75 Å². The lowest BCUT2D eigenvalue weighted by Crippen LogP contribution is -2.23. The van der Waals surface area contributed by atoms with Crippen molar-refractivity contribution < 1.29 is 26.4 Å². The zero-order chi connectivity index (χ0) is 28.1. The van der Waals surface area contributed by atoms with Gasteiger partial charge in [0.2, 0.25) is 5.78 Å². The van der Waals surface area contributed by atoms with E-state index in [1.165, 1.54) is 43.5 Å². The smallest absolute Gasteiger partial charge is 0.268 e. The van der Waals surface area contributed by atoms with Gasteiger partial charge in [-0.25, -0.2) is 24.8 Å². The molecule has 200 valence electrons. The quantitative estimate of drug-likeness (QED) is 0.241. The third kappa shape index (κ3) is 3.92. The Balaban J connectivity index is 1.67. The molecule has 0 aliphatic carbocycles. The van der Waals surface area contributed by atoms with E-state index in [0.717, 1.165) is 7.94 Å². The number of hydrogen-bond acceptors (Lipinski definition) is 6. The van der Waals surface area contributed by atoms with Gasteiger partial charge in [0, 0.05) is 10.8 Å². The van der Waals surface area contributed by atoms with Crippen molar-refractivity contribution in [1.29, 1.82) is 0 Å². The molecule has 0 amide bonds. The molecule has 0 saturated carbocycles. The maximum Gasteiger partial charge on any atom is 0.268 e. The molecule has 6 aromatic rings. The number of rotatable bonds is 7. The number of carbonyl (C=O) groups excluding carboxylic acids is 1. The molecule has 6 rings (SSSR count). The number of fused-ring (bicyclic) bond motifs is 2. The summed E-state index contributed by atoms with van der Waals surface area (Å²) in [4.78, 5) is 14.3. The van der Waals surface area contributed by atoms with Crippen molar-refractivity contribution >= 4 is 47.6 Å². The van der Waals surface area contributed by atoms with Gasteiger partial charge in [-0.3, -0.25) is 4.79 Å². The van der Waals surface area contributed by atoms with Crippen molar-refractivity contribution in [3.05, 3.63) is 127 Å². The Bertz CT molecular complexity index is 2130. The van der Waals surface area contributed by atoms with Crippen LogP contribution in [0.2, 0.25) is 0 Å². The summed E-state index contributed by atoms with van der Waals surface area (Å²) < 4.78 is 63.2. The fraction of sp³-hybridized carbons (Fsp3) is 0.0333. The third-order valence-electron chi connectivity index (χ3n) is 6.68. The Labute approximate surface area is 230 Å². The first-order valence-electron chi connectivity index (χ1n) is 12.2. The minimum atomic E-state index is -4.28. The van der Waals surface area contributed by atoms with Gasteiger partial charge in [0.1, 0.15) is 17.1 Å². The number of ketones is 1. The van der Waals surface area contributed by atoms with Crippen LogP contribution in [0.1, 0.15) is 16.2 Å². The Hall–Kier alpha value is -4.67. The minimum Gasteiger partial charge on any atom is -0.496 e. The van der Waals surface area contributed by atoms with Crippen molar-refractivity contribution in [3.8, 4) is 5.75 Å². The number of para-hydroxylation sites is 1. The van der Waals surface area contributed by atoms with E-state index in [9.17, 15) is 21.6 Å². The van der Waals surface area contributed by atoms with E-state index in [1.54, 1.807) is 78.9 Å². The number of benzene rings is 4. The Morgan fingerprint density at radius 2 is 1.10 bits per heavy atom. The van der Waals surface area contributed by atoms with Crippen LogP contribution in [0.25, 0.3) is 21.8 Å². The molecular formula is C30H22N2O6S2. The fourth-order valence-electron chi connectivity index (χ4n) is 4.85. The normalized spacial score (nSPS) is 12.1. The van der Waals surface area contributed by atoms with Crippen LogP contribution < -0.4 is 4.74 Å². The minimum absolute atomic E-state index is 0.00970. The second-order valence-electron chi connectivity index (χ2n) is 9.01. The second-order valence-corrected chi connectivity index (χ2v) is 12.6. The molecule has 8 nitrogen and oxygen atoms in total. The first-order chi connectivity index (χ1) is 19.2. The lowest BCUT2D eigenvalue weighted by atomic mass is 10.2. The molecule has 2 heterocycles. The van der Waals surface area contributed by atoms with Crippen molar-refractivity contribution in [2.45, 2.75) is 9.79 Å². The highest BCUT2D eigenvalue weighted by Gasteiger charge is 2.32. The van der Waals surface area contributed by atoms with E-state index in [4.69, 9.17) is 4.74 Å². The summed E-state index contributed by atoms with van der Waals surface area (Å²) in [5, 5.41) is 0.901. The van der Waals surface area contributed by atoms with Gasteiger partial charge < -0.3 is 4.74 Å². The monoisotopic (exact) mass is 570 g/mol. The number of methoxy groups -OCH3 is 1. The topological polar surface area (TPSA) is 104 Å². The predicted octanol–water partition coefficient (Wildman–Crippen LogP) is 5.31. The van der Waals surface area contributed by atoms with Gasteiger partial charge in [0.05, 0.1) is 27.9 Å². The Morgan fingerprint density at radius 3 is 1.70 bits per heavy atom. The van der Waals surface area contributed by atoms with Crippen LogP contribution in [-0.4, -0.2) is 37.7 Å². The summed E-state index contributed by atoms with van der Waals surface area (Å²) in [6.45, 7) is 0. The molecule has 0 aliphatic rings. The van der Waals surface area contributed by atoms with Gasteiger partial charge in [-0.15, -0.1) is 0 Å².